The van der Waals surface area contributed by atoms with Crippen molar-refractivity contribution in [2.45, 2.75) is 6.61 Å². The first-order valence-electron chi connectivity index (χ1n) is 3.29. The van der Waals surface area contributed by atoms with Crippen molar-refractivity contribution in [3.63, 3.8) is 0 Å². The van der Waals surface area contributed by atoms with Gasteiger partial charge in [-0.05, 0) is 6.07 Å². The summed E-state index contributed by atoms with van der Waals surface area (Å²) in [6.45, 7) is -0.216. The average Bonchev–Trinajstić information content (AvgIpc) is 2.17. The fourth-order valence-electron chi connectivity index (χ4n) is 0.674. The lowest BCUT2D eigenvalue weighted by Gasteiger charge is -1.98. The first-order chi connectivity index (χ1) is 5.77. The van der Waals surface area contributed by atoms with Crippen LogP contribution in [0, 0.1) is 0 Å². The van der Waals surface area contributed by atoms with Crippen LogP contribution in [-0.4, -0.2) is 28.2 Å². The van der Waals surface area contributed by atoms with E-state index < -0.39 is 5.97 Å². The van der Waals surface area contributed by atoms with Crippen molar-refractivity contribution in [1.82, 2.24) is 9.97 Å². The van der Waals surface area contributed by atoms with Gasteiger partial charge in [0.05, 0.1) is 19.4 Å². The quantitative estimate of drug-likeness (QED) is 0.617. The normalized spacial score (nSPS) is 9.50. The number of aliphatic hydroxyl groups excluding tert-OH is 1. The molecule has 0 saturated carbocycles. The van der Waals surface area contributed by atoms with Gasteiger partial charge in [-0.1, -0.05) is 0 Å². The third-order valence-corrected chi connectivity index (χ3v) is 1.24. The van der Waals surface area contributed by atoms with Gasteiger partial charge < -0.3 is 9.84 Å². The van der Waals surface area contributed by atoms with Gasteiger partial charge in [0.25, 0.3) is 0 Å². The van der Waals surface area contributed by atoms with E-state index in [1.54, 1.807) is 0 Å². The number of carbonyl (C=O) groups excluding carboxylic acids is 1. The van der Waals surface area contributed by atoms with Crippen LogP contribution in [0.5, 0.6) is 0 Å². The van der Waals surface area contributed by atoms with Crippen molar-refractivity contribution >= 4 is 5.97 Å². The van der Waals surface area contributed by atoms with Gasteiger partial charge in [-0.3, -0.25) is 0 Å². The Hall–Kier alpha value is -1.49. The van der Waals surface area contributed by atoms with Crippen molar-refractivity contribution in [2.75, 3.05) is 7.11 Å². The van der Waals surface area contributed by atoms with E-state index in [0.29, 0.717) is 5.69 Å². The number of nitrogens with zero attached hydrogens (tertiary/aromatic N) is 2. The monoisotopic (exact) mass is 168 g/mol. The van der Waals surface area contributed by atoms with Crippen molar-refractivity contribution in [3.05, 3.63) is 23.8 Å². The minimum atomic E-state index is -0.606. The molecule has 1 aromatic heterocycles. The maximum atomic E-state index is 10.9. The molecule has 1 N–H and O–H groups in total. The van der Waals surface area contributed by atoms with E-state index in [-0.39, 0.29) is 12.4 Å². The Morgan fingerprint density at radius 3 is 3.08 bits per heavy atom. The highest BCUT2D eigenvalue weighted by atomic mass is 16.5. The fraction of sp³-hybridized carbons (Fsp3) is 0.286. The molecule has 0 spiro atoms. The molecule has 0 aliphatic heterocycles. The van der Waals surface area contributed by atoms with Crippen LogP contribution in [-0.2, 0) is 11.3 Å². The number of aromatic nitrogens is 2. The molecule has 0 saturated heterocycles. The molecule has 1 aromatic rings. The molecule has 12 heavy (non-hydrogen) atoms. The number of aliphatic hydroxyl groups is 1. The average molecular weight is 168 g/mol. The lowest BCUT2D eigenvalue weighted by molar-refractivity contribution is 0.0586. The highest BCUT2D eigenvalue weighted by Crippen LogP contribution is 1.96. The highest BCUT2D eigenvalue weighted by molar-refractivity contribution is 5.84. The zero-order chi connectivity index (χ0) is 8.97. The van der Waals surface area contributed by atoms with Crippen molar-refractivity contribution in [3.8, 4) is 0 Å². The summed E-state index contributed by atoms with van der Waals surface area (Å²) >= 11 is 0. The number of ether oxygens (including phenoxy) is 1. The lowest BCUT2D eigenvalue weighted by atomic mass is 10.4. The highest BCUT2D eigenvalue weighted by Gasteiger charge is 2.08. The van der Waals surface area contributed by atoms with E-state index >= 15 is 0 Å². The van der Waals surface area contributed by atoms with Crippen molar-refractivity contribution in [1.29, 1.82) is 0 Å². The minimum absolute atomic E-state index is 0.0379. The molecule has 0 fully saturated rings. The maximum absolute atomic E-state index is 10.9. The SMILES string of the molecule is COC(=O)c1nccc(CO)n1. The summed E-state index contributed by atoms with van der Waals surface area (Å²) in [5.41, 5.74) is 0.394. The third kappa shape index (κ3) is 1.76. The number of hydrogen-bond donors (Lipinski definition) is 1. The molecule has 64 valence electrons. The molecule has 5 nitrogen and oxygen atoms in total. The van der Waals surface area contributed by atoms with Gasteiger partial charge in [-0.2, -0.15) is 0 Å². The van der Waals surface area contributed by atoms with E-state index in [2.05, 4.69) is 14.7 Å². The van der Waals surface area contributed by atoms with Gasteiger partial charge in [-0.15, -0.1) is 0 Å². The Labute approximate surface area is 69.0 Å². The van der Waals surface area contributed by atoms with Crippen LogP contribution in [0.2, 0.25) is 0 Å². The predicted molar refractivity (Wildman–Crippen MR) is 39.3 cm³/mol. The first kappa shape index (κ1) is 8.61. The van der Waals surface area contributed by atoms with Crippen LogP contribution < -0.4 is 0 Å². The summed E-state index contributed by atoms with van der Waals surface area (Å²) in [4.78, 5) is 18.2. The Balaban J connectivity index is 2.93. The standard InChI is InChI=1S/C7H8N2O3/c1-12-7(11)6-8-3-2-5(4-10)9-6/h2-3,10H,4H2,1H3. The summed E-state index contributed by atoms with van der Waals surface area (Å²) in [7, 11) is 1.25. The number of rotatable bonds is 2. The van der Waals surface area contributed by atoms with Gasteiger partial charge in [0, 0.05) is 6.20 Å². The van der Waals surface area contributed by atoms with E-state index in [9.17, 15) is 4.79 Å². The van der Waals surface area contributed by atoms with E-state index in [0.717, 1.165) is 0 Å². The fourth-order valence-corrected chi connectivity index (χ4v) is 0.674. The lowest BCUT2D eigenvalue weighted by Crippen LogP contribution is -2.08. The second-order valence-corrected chi connectivity index (χ2v) is 2.02. The van der Waals surface area contributed by atoms with Crippen LogP contribution in [0.15, 0.2) is 12.3 Å². The molecular weight excluding hydrogens is 160 g/mol. The number of carbonyl (C=O) groups is 1. The summed E-state index contributed by atoms with van der Waals surface area (Å²) in [6.07, 6.45) is 1.39. The summed E-state index contributed by atoms with van der Waals surface area (Å²) in [5.74, 6) is -0.644. The van der Waals surface area contributed by atoms with E-state index in [4.69, 9.17) is 5.11 Å². The van der Waals surface area contributed by atoms with E-state index in [1.165, 1.54) is 19.4 Å². The summed E-state index contributed by atoms with van der Waals surface area (Å²) in [6, 6.07) is 1.52. The zero-order valence-electron chi connectivity index (χ0n) is 6.52. The van der Waals surface area contributed by atoms with Gasteiger partial charge in [0.1, 0.15) is 0 Å². The number of hydrogen-bond acceptors (Lipinski definition) is 5. The van der Waals surface area contributed by atoms with Crippen molar-refractivity contribution in [2.24, 2.45) is 0 Å². The minimum Gasteiger partial charge on any atom is -0.463 e. The van der Waals surface area contributed by atoms with Crippen molar-refractivity contribution < 1.29 is 14.6 Å². The second-order valence-electron chi connectivity index (χ2n) is 2.02. The molecule has 0 aliphatic carbocycles. The van der Waals surface area contributed by atoms with Gasteiger partial charge in [0.2, 0.25) is 5.82 Å². The molecule has 1 rings (SSSR count). The Kier molecular flexibility index (Phi) is 2.71. The third-order valence-electron chi connectivity index (χ3n) is 1.24. The molecule has 0 aliphatic rings. The molecule has 1 heterocycles. The number of methoxy groups -OCH3 is 1. The molecule has 0 amide bonds. The van der Waals surface area contributed by atoms with Crippen LogP contribution in [0.4, 0.5) is 0 Å². The van der Waals surface area contributed by atoms with Gasteiger partial charge >= 0.3 is 5.97 Å². The topological polar surface area (TPSA) is 72.3 Å². The molecule has 0 bridgehead atoms. The molecule has 0 unspecified atom stereocenters. The Morgan fingerprint density at radius 1 is 1.75 bits per heavy atom. The van der Waals surface area contributed by atoms with Crippen LogP contribution in [0.3, 0.4) is 0 Å². The van der Waals surface area contributed by atoms with Gasteiger partial charge in [0.15, 0.2) is 0 Å². The van der Waals surface area contributed by atoms with Gasteiger partial charge in [-0.25, -0.2) is 14.8 Å². The summed E-state index contributed by atoms with van der Waals surface area (Å²) < 4.78 is 4.39. The number of esters is 1. The van der Waals surface area contributed by atoms with Crippen LogP contribution >= 0.6 is 0 Å². The maximum Gasteiger partial charge on any atom is 0.376 e. The predicted octanol–water partition coefficient (Wildman–Crippen LogP) is -0.244. The largest absolute Gasteiger partial charge is 0.463 e. The second kappa shape index (κ2) is 3.77. The molecule has 0 atom stereocenters. The van der Waals surface area contributed by atoms with Crippen LogP contribution in [0.25, 0.3) is 0 Å². The molecule has 0 radical (unpaired) electrons. The molecule has 5 heteroatoms. The first-order valence-corrected chi connectivity index (χ1v) is 3.29. The van der Waals surface area contributed by atoms with E-state index in [1.807, 2.05) is 0 Å². The Bertz CT molecular complexity index is 288. The molecular formula is C7H8N2O3. The summed E-state index contributed by atoms with van der Waals surface area (Å²) in [5, 5.41) is 8.67. The van der Waals surface area contributed by atoms with Crippen LogP contribution in [0.1, 0.15) is 16.3 Å². The Morgan fingerprint density at radius 2 is 2.50 bits per heavy atom. The smallest absolute Gasteiger partial charge is 0.376 e. The molecule has 0 aromatic carbocycles. The zero-order valence-corrected chi connectivity index (χ0v) is 6.52.